The van der Waals surface area contributed by atoms with Crippen molar-refractivity contribution < 1.29 is 0 Å². The quantitative estimate of drug-likeness (QED) is 0.511. The van der Waals surface area contributed by atoms with Crippen LogP contribution in [0.3, 0.4) is 0 Å². The van der Waals surface area contributed by atoms with Crippen molar-refractivity contribution in [2.45, 2.75) is 52.9 Å². The normalized spacial score (nSPS) is 30.5. The second kappa shape index (κ2) is 2.83. The minimum absolute atomic E-state index is 0.460. The largest absolute Gasteiger partial charge is 0.110 e. The molecule has 0 aromatic carbocycles. The molecule has 1 heteroatoms. The standard InChI is InChI=1S/C12H21P/c1-9-10(13)12(6-4-5-7-12)8-11(9,2)3/h4-8,13H2,1-3H3. The minimum atomic E-state index is 0.460. The molecule has 0 nitrogen and oxygen atoms in total. The van der Waals surface area contributed by atoms with Crippen LogP contribution < -0.4 is 0 Å². The monoisotopic (exact) mass is 196 g/mol. The van der Waals surface area contributed by atoms with Gasteiger partial charge in [-0.15, -0.1) is 9.24 Å². The lowest BCUT2D eigenvalue weighted by molar-refractivity contribution is 0.282. The predicted molar refractivity (Wildman–Crippen MR) is 61.7 cm³/mol. The van der Waals surface area contributed by atoms with Crippen molar-refractivity contribution in [3.05, 3.63) is 10.9 Å². The first-order chi connectivity index (χ1) is 5.98. The van der Waals surface area contributed by atoms with Crippen molar-refractivity contribution >= 4 is 9.24 Å². The molecule has 0 N–H and O–H groups in total. The van der Waals surface area contributed by atoms with Crippen molar-refractivity contribution in [3.8, 4) is 0 Å². The van der Waals surface area contributed by atoms with Crippen LogP contribution in [-0.2, 0) is 0 Å². The van der Waals surface area contributed by atoms with Crippen LogP contribution in [0.5, 0.6) is 0 Å². The smallest absolute Gasteiger partial charge is 0.00400 e. The Morgan fingerprint density at radius 3 is 2.08 bits per heavy atom. The molecule has 1 atom stereocenters. The summed E-state index contributed by atoms with van der Waals surface area (Å²) in [6.07, 6.45) is 7.16. The summed E-state index contributed by atoms with van der Waals surface area (Å²) in [5, 5.41) is 1.65. The molecule has 0 aliphatic heterocycles. The maximum Gasteiger partial charge on any atom is -0.00400 e. The third-order valence-corrected chi connectivity index (χ3v) is 5.38. The number of hydrogen-bond donors (Lipinski definition) is 0. The zero-order valence-corrected chi connectivity index (χ0v) is 10.3. The fourth-order valence-electron chi connectivity index (χ4n) is 3.33. The molecule has 0 bridgehead atoms. The molecule has 2 aliphatic carbocycles. The van der Waals surface area contributed by atoms with Crippen molar-refractivity contribution in [2.24, 2.45) is 10.8 Å². The lowest BCUT2D eigenvalue weighted by Crippen LogP contribution is -2.17. The molecule has 0 aromatic rings. The third-order valence-electron chi connectivity index (χ3n) is 4.33. The summed E-state index contributed by atoms with van der Waals surface area (Å²) in [7, 11) is 3.03. The van der Waals surface area contributed by atoms with Crippen molar-refractivity contribution in [1.82, 2.24) is 0 Å². The van der Waals surface area contributed by atoms with E-state index in [1.165, 1.54) is 32.1 Å². The summed E-state index contributed by atoms with van der Waals surface area (Å²) < 4.78 is 0. The van der Waals surface area contributed by atoms with Crippen molar-refractivity contribution in [1.29, 1.82) is 0 Å². The first-order valence-electron chi connectivity index (χ1n) is 5.45. The Hall–Kier alpha value is 0.170. The highest BCUT2D eigenvalue weighted by Crippen LogP contribution is 2.61. The molecule has 74 valence electrons. The Morgan fingerprint density at radius 1 is 1.15 bits per heavy atom. The predicted octanol–water partition coefficient (Wildman–Crippen LogP) is 4.13. The van der Waals surface area contributed by atoms with Crippen LogP contribution in [0.4, 0.5) is 0 Å². The number of allylic oxidation sites excluding steroid dienone is 2. The van der Waals surface area contributed by atoms with Crippen LogP contribution in [0.2, 0.25) is 0 Å². The number of rotatable bonds is 0. The Kier molecular flexibility index (Phi) is 2.11. The van der Waals surface area contributed by atoms with Gasteiger partial charge in [0.05, 0.1) is 0 Å². The van der Waals surface area contributed by atoms with Crippen molar-refractivity contribution in [3.63, 3.8) is 0 Å². The SMILES string of the molecule is CC1=C(P)C2(CCCC2)CC1(C)C. The van der Waals surface area contributed by atoms with Gasteiger partial charge in [-0.2, -0.15) is 0 Å². The molecule has 0 radical (unpaired) electrons. The van der Waals surface area contributed by atoms with E-state index in [0.29, 0.717) is 10.8 Å². The minimum Gasteiger partial charge on any atom is -0.110 e. The van der Waals surface area contributed by atoms with E-state index in [1.54, 1.807) is 10.9 Å². The van der Waals surface area contributed by atoms with Gasteiger partial charge in [-0.1, -0.05) is 32.3 Å². The van der Waals surface area contributed by atoms with E-state index >= 15 is 0 Å². The highest BCUT2D eigenvalue weighted by Gasteiger charge is 2.47. The maximum absolute atomic E-state index is 3.03. The second-order valence-corrected chi connectivity index (χ2v) is 6.16. The van der Waals surface area contributed by atoms with E-state index in [0.717, 1.165) is 0 Å². The summed E-state index contributed by atoms with van der Waals surface area (Å²) in [6, 6.07) is 0. The molecule has 1 spiro atoms. The second-order valence-electron chi connectivity index (χ2n) is 5.59. The van der Waals surface area contributed by atoms with Gasteiger partial charge in [-0.05, 0) is 42.3 Å². The fraction of sp³-hybridized carbons (Fsp3) is 0.833. The maximum atomic E-state index is 3.03. The Labute approximate surface area is 84.4 Å². The summed E-state index contributed by atoms with van der Waals surface area (Å²) in [4.78, 5) is 0. The van der Waals surface area contributed by atoms with Crippen LogP contribution in [0.1, 0.15) is 52.9 Å². The van der Waals surface area contributed by atoms with E-state index in [2.05, 4.69) is 30.0 Å². The molecule has 13 heavy (non-hydrogen) atoms. The molecule has 0 heterocycles. The van der Waals surface area contributed by atoms with Gasteiger partial charge in [0.2, 0.25) is 0 Å². The molecule has 2 rings (SSSR count). The lowest BCUT2D eigenvalue weighted by Gasteiger charge is -2.28. The molecule has 1 fully saturated rings. The van der Waals surface area contributed by atoms with Gasteiger partial charge in [0, 0.05) is 0 Å². The summed E-state index contributed by atoms with van der Waals surface area (Å²) >= 11 is 0. The van der Waals surface area contributed by atoms with Crippen LogP contribution in [0.25, 0.3) is 0 Å². The van der Waals surface area contributed by atoms with E-state index in [9.17, 15) is 0 Å². The van der Waals surface area contributed by atoms with Crippen LogP contribution in [0, 0.1) is 10.8 Å². The van der Waals surface area contributed by atoms with E-state index < -0.39 is 0 Å². The van der Waals surface area contributed by atoms with Gasteiger partial charge in [0.25, 0.3) is 0 Å². The van der Waals surface area contributed by atoms with Crippen LogP contribution in [0.15, 0.2) is 10.9 Å². The highest BCUT2D eigenvalue weighted by molar-refractivity contribution is 7.22. The topological polar surface area (TPSA) is 0 Å². The molecule has 1 saturated carbocycles. The fourth-order valence-corrected chi connectivity index (χ4v) is 4.12. The molecular weight excluding hydrogens is 175 g/mol. The molecule has 0 saturated heterocycles. The zero-order chi connectivity index (χ0) is 9.69. The summed E-state index contributed by atoms with van der Waals surface area (Å²) in [5.74, 6) is 0. The molecule has 2 aliphatic rings. The average Bonchev–Trinajstić information content (AvgIpc) is 2.55. The summed E-state index contributed by atoms with van der Waals surface area (Å²) in [5.41, 5.74) is 2.69. The molecular formula is C12H21P. The van der Waals surface area contributed by atoms with Gasteiger partial charge in [0.15, 0.2) is 0 Å². The summed E-state index contributed by atoms with van der Waals surface area (Å²) in [6.45, 7) is 7.13. The van der Waals surface area contributed by atoms with Gasteiger partial charge in [-0.3, -0.25) is 0 Å². The molecule has 1 unspecified atom stereocenters. The van der Waals surface area contributed by atoms with E-state index in [-0.39, 0.29) is 0 Å². The van der Waals surface area contributed by atoms with Gasteiger partial charge < -0.3 is 0 Å². The lowest BCUT2D eigenvalue weighted by atomic mass is 9.78. The molecule has 0 amide bonds. The van der Waals surface area contributed by atoms with Crippen LogP contribution in [-0.4, -0.2) is 0 Å². The average molecular weight is 196 g/mol. The van der Waals surface area contributed by atoms with Gasteiger partial charge >= 0.3 is 0 Å². The Bertz CT molecular complexity index is 254. The highest BCUT2D eigenvalue weighted by atomic mass is 31.0. The van der Waals surface area contributed by atoms with Crippen LogP contribution >= 0.6 is 9.24 Å². The third kappa shape index (κ3) is 1.30. The first kappa shape index (κ1) is 9.71. The Balaban J connectivity index is 2.37. The number of hydrogen-bond acceptors (Lipinski definition) is 0. The van der Waals surface area contributed by atoms with E-state index in [1.807, 2.05) is 0 Å². The van der Waals surface area contributed by atoms with Crippen molar-refractivity contribution in [2.75, 3.05) is 0 Å². The Morgan fingerprint density at radius 2 is 1.69 bits per heavy atom. The molecule has 0 aromatic heterocycles. The van der Waals surface area contributed by atoms with Gasteiger partial charge in [0.1, 0.15) is 0 Å². The van der Waals surface area contributed by atoms with Gasteiger partial charge in [-0.25, -0.2) is 0 Å². The van der Waals surface area contributed by atoms with E-state index in [4.69, 9.17) is 0 Å². The first-order valence-corrected chi connectivity index (χ1v) is 6.03. The zero-order valence-electron chi connectivity index (χ0n) is 9.11.